The molecule has 2 aromatic rings. The molecule has 0 radical (unpaired) electrons. The summed E-state index contributed by atoms with van der Waals surface area (Å²) in [4.78, 5) is 44.3. The van der Waals surface area contributed by atoms with Gasteiger partial charge >= 0.3 is 5.97 Å². The number of anilines is 1. The second-order valence-electron chi connectivity index (χ2n) is 5.55. The first kappa shape index (κ1) is 18.4. The van der Waals surface area contributed by atoms with Crippen LogP contribution in [-0.2, 0) is 25.8 Å². The van der Waals surface area contributed by atoms with Gasteiger partial charge in [-0.1, -0.05) is 13.8 Å². The van der Waals surface area contributed by atoms with Crippen molar-refractivity contribution < 1.29 is 19.1 Å². The van der Waals surface area contributed by atoms with Crippen molar-refractivity contribution in [3.8, 4) is 0 Å². The standard InChI is InChI=1S/C14H20N6O5/c1-8(2)9(17-6-21)13(23)25-4-3-24-7-20-5-16-10-11(20)18-14(15)19-12(10)22/h5-6,8-9H,3-4,7H2,1-2H3,(H,17,21)(H3,15,18,19,22)/t9-/m1/s1. The van der Waals surface area contributed by atoms with Crippen molar-refractivity contribution in [2.24, 2.45) is 5.92 Å². The van der Waals surface area contributed by atoms with Crippen LogP contribution >= 0.6 is 0 Å². The number of carbonyl (C=O) groups is 2. The van der Waals surface area contributed by atoms with Crippen LogP contribution in [-0.4, -0.2) is 51.2 Å². The lowest BCUT2D eigenvalue weighted by Crippen LogP contribution is -2.41. The topological polar surface area (TPSA) is 154 Å². The first-order chi connectivity index (χ1) is 11.9. The summed E-state index contributed by atoms with van der Waals surface area (Å²) in [6, 6.07) is -0.700. The molecule has 2 rings (SSSR count). The molecule has 2 heterocycles. The molecule has 0 aliphatic heterocycles. The van der Waals surface area contributed by atoms with Gasteiger partial charge in [0.2, 0.25) is 12.4 Å². The number of hydrogen-bond donors (Lipinski definition) is 3. The highest BCUT2D eigenvalue weighted by Crippen LogP contribution is 2.06. The Kier molecular flexibility index (Phi) is 6.06. The van der Waals surface area contributed by atoms with Crippen LogP contribution in [0.25, 0.3) is 11.2 Å². The molecule has 0 saturated heterocycles. The average molecular weight is 352 g/mol. The van der Waals surface area contributed by atoms with Gasteiger partial charge in [-0.3, -0.25) is 19.1 Å². The van der Waals surface area contributed by atoms with Crippen LogP contribution in [0.2, 0.25) is 0 Å². The Morgan fingerprint density at radius 3 is 2.92 bits per heavy atom. The zero-order valence-corrected chi connectivity index (χ0v) is 13.9. The molecule has 0 aliphatic carbocycles. The number of nitrogen functional groups attached to an aromatic ring is 1. The SMILES string of the molecule is CC(C)[C@@H](NC=O)C(=O)OCCOCn1cnc2c(=O)[nH]c(N)nc21. The normalized spacial score (nSPS) is 12.3. The minimum atomic E-state index is -0.700. The molecule has 11 heteroatoms. The van der Waals surface area contributed by atoms with Crippen molar-refractivity contribution in [2.75, 3.05) is 18.9 Å². The zero-order chi connectivity index (χ0) is 18.4. The van der Waals surface area contributed by atoms with E-state index in [-0.39, 0.29) is 37.3 Å². The van der Waals surface area contributed by atoms with Gasteiger partial charge in [0.1, 0.15) is 19.4 Å². The summed E-state index contributed by atoms with van der Waals surface area (Å²) in [6.07, 6.45) is 1.87. The van der Waals surface area contributed by atoms with Gasteiger partial charge in [0.25, 0.3) is 5.56 Å². The third kappa shape index (κ3) is 4.53. The van der Waals surface area contributed by atoms with Crippen LogP contribution in [0.3, 0.4) is 0 Å². The molecule has 25 heavy (non-hydrogen) atoms. The van der Waals surface area contributed by atoms with E-state index in [1.165, 1.54) is 10.9 Å². The molecule has 11 nitrogen and oxygen atoms in total. The summed E-state index contributed by atoms with van der Waals surface area (Å²) < 4.78 is 11.9. The summed E-state index contributed by atoms with van der Waals surface area (Å²) in [5, 5.41) is 2.41. The highest BCUT2D eigenvalue weighted by molar-refractivity contribution is 5.78. The lowest BCUT2D eigenvalue weighted by atomic mass is 10.1. The molecule has 0 aliphatic rings. The van der Waals surface area contributed by atoms with Crippen molar-refractivity contribution in [3.05, 3.63) is 16.7 Å². The number of amides is 1. The fraction of sp³-hybridized carbons (Fsp3) is 0.500. The van der Waals surface area contributed by atoms with Gasteiger partial charge in [0.05, 0.1) is 12.9 Å². The molecule has 0 spiro atoms. The number of esters is 1. The number of imidazole rings is 1. The molecular formula is C14H20N6O5. The molecule has 0 unspecified atom stereocenters. The van der Waals surface area contributed by atoms with E-state index < -0.39 is 17.6 Å². The lowest BCUT2D eigenvalue weighted by molar-refractivity contribution is -0.150. The summed E-state index contributed by atoms with van der Waals surface area (Å²) in [6.45, 7) is 3.79. The number of aromatic amines is 1. The Hall–Kier alpha value is -2.95. The van der Waals surface area contributed by atoms with Crippen LogP contribution < -0.4 is 16.6 Å². The van der Waals surface area contributed by atoms with Gasteiger partial charge in [-0.15, -0.1) is 0 Å². The van der Waals surface area contributed by atoms with Crippen molar-refractivity contribution in [2.45, 2.75) is 26.6 Å². The van der Waals surface area contributed by atoms with E-state index in [0.29, 0.717) is 12.1 Å². The number of ether oxygens (including phenoxy) is 2. The molecule has 2 aromatic heterocycles. The summed E-state index contributed by atoms with van der Waals surface area (Å²) in [7, 11) is 0. The van der Waals surface area contributed by atoms with E-state index in [2.05, 4.69) is 20.3 Å². The maximum atomic E-state index is 11.8. The fourth-order valence-electron chi connectivity index (χ4n) is 2.13. The van der Waals surface area contributed by atoms with Crippen molar-refractivity contribution in [3.63, 3.8) is 0 Å². The van der Waals surface area contributed by atoms with E-state index >= 15 is 0 Å². The first-order valence-corrected chi connectivity index (χ1v) is 7.58. The van der Waals surface area contributed by atoms with E-state index in [4.69, 9.17) is 15.2 Å². The van der Waals surface area contributed by atoms with Gasteiger partial charge < -0.3 is 20.5 Å². The van der Waals surface area contributed by atoms with E-state index in [1.807, 2.05) is 0 Å². The molecule has 4 N–H and O–H groups in total. The highest BCUT2D eigenvalue weighted by Gasteiger charge is 2.22. The largest absolute Gasteiger partial charge is 0.462 e. The van der Waals surface area contributed by atoms with Gasteiger partial charge in [-0.2, -0.15) is 4.98 Å². The fourth-order valence-corrected chi connectivity index (χ4v) is 2.13. The average Bonchev–Trinajstić information content (AvgIpc) is 2.95. The maximum absolute atomic E-state index is 11.8. The van der Waals surface area contributed by atoms with Gasteiger partial charge in [-0.25, -0.2) is 9.78 Å². The Labute approximate surface area is 142 Å². The van der Waals surface area contributed by atoms with Crippen LogP contribution in [0.5, 0.6) is 0 Å². The number of carbonyl (C=O) groups excluding carboxylic acids is 2. The van der Waals surface area contributed by atoms with Gasteiger partial charge in [-0.05, 0) is 5.92 Å². The maximum Gasteiger partial charge on any atom is 0.328 e. The second kappa shape index (κ2) is 8.24. The highest BCUT2D eigenvalue weighted by atomic mass is 16.6. The van der Waals surface area contributed by atoms with Crippen molar-refractivity contribution in [1.29, 1.82) is 0 Å². The Morgan fingerprint density at radius 1 is 1.48 bits per heavy atom. The predicted octanol–water partition coefficient (Wildman–Crippen LogP) is -1.01. The number of rotatable bonds is 9. The number of nitrogens with one attached hydrogen (secondary N) is 2. The second-order valence-corrected chi connectivity index (χ2v) is 5.55. The quantitative estimate of drug-likeness (QED) is 0.295. The molecule has 0 bridgehead atoms. The number of aromatic nitrogens is 4. The van der Waals surface area contributed by atoms with Crippen molar-refractivity contribution >= 4 is 29.5 Å². The number of hydrogen-bond acceptors (Lipinski definition) is 8. The van der Waals surface area contributed by atoms with Crippen molar-refractivity contribution in [1.82, 2.24) is 24.8 Å². The van der Waals surface area contributed by atoms with Crippen LogP contribution in [0, 0.1) is 5.92 Å². The van der Waals surface area contributed by atoms with E-state index in [9.17, 15) is 14.4 Å². The smallest absolute Gasteiger partial charge is 0.328 e. The monoisotopic (exact) mass is 352 g/mol. The molecule has 0 fully saturated rings. The van der Waals surface area contributed by atoms with Crippen LogP contribution in [0.1, 0.15) is 13.8 Å². The minimum Gasteiger partial charge on any atom is -0.462 e. The van der Waals surface area contributed by atoms with Crippen LogP contribution in [0.15, 0.2) is 11.1 Å². The molecule has 0 saturated carbocycles. The summed E-state index contributed by atoms with van der Waals surface area (Å²) in [5.41, 5.74) is 5.53. The van der Waals surface area contributed by atoms with Crippen LogP contribution in [0.4, 0.5) is 5.95 Å². The summed E-state index contributed by atoms with van der Waals surface area (Å²) >= 11 is 0. The van der Waals surface area contributed by atoms with E-state index in [0.717, 1.165) is 0 Å². The van der Waals surface area contributed by atoms with Gasteiger partial charge in [0, 0.05) is 0 Å². The minimum absolute atomic E-state index is 0.0180. The molecule has 136 valence electrons. The molecule has 1 atom stereocenters. The molecular weight excluding hydrogens is 332 g/mol. The number of nitrogens with two attached hydrogens (primary N) is 1. The molecule has 0 aromatic carbocycles. The Bertz CT molecular complexity index is 799. The third-order valence-electron chi connectivity index (χ3n) is 3.36. The zero-order valence-electron chi connectivity index (χ0n) is 13.9. The number of H-pyrrole nitrogens is 1. The van der Waals surface area contributed by atoms with Gasteiger partial charge in [0.15, 0.2) is 11.2 Å². The first-order valence-electron chi connectivity index (χ1n) is 7.58. The van der Waals surface area contributed by atoms with E-state index in [1.54, 1.807) is 13.8 Å². The Morgan fingerprint density at radius 2 is 2.24 bits per heavy atom. The summed E-state index contributed by atoms with van der Waals surface area (Å²) in [5.74, 6) is -0.638. The third-order valence-corrected chi connectivity index (χ3v) is 3.36. The lowest BCUT2D eigenvalue weighted by Gasteiger charge is -2.18. The predicted molar refractivity (Wildman–Crippen MR) is 87.3 cm³/mol. The number of nitrogens with zero attached hydrogens (tertiary/aromatic N) is 3. The number of fused-ring (bicyclic) bond motifs is 1. The molecule has 1 amide bonds. The Balaban J connectivity index is 1.83.